The van der Waals surface area contributed by atoms with Gasteiger partial charge in [0.25, 0.3) is 10.0 Å². The molecule has 9 nitrogen and oxygen atoms in total. The van der Waals surface area contributed by atoms with Crippen LogP contribution in [0.3, 0.4) is 0 Å². The minimum absolute atomic E-state index is 0.0310. The number of ether oxygens (including phenoxy) is 1. The van der Waals surface area contributed by atoms with Crippen LogP contribution in [0.4, 0.5) is 10.8 Å². The summed E-state index contributed by atoms with van der Waals surface area (Å²) in [6.07, 6.45) is -0.952. The van der Waals surface area contributed by atoms with Gasteiger partial charge in [-0.2, -0.15) is 0 Å². The summed E-state index contributed by atoms with van der Waals surface area (Å²) in [6, 6.07) is 10.6. The number of phenolic OH excluding ortho intramolecular Hbond substituents is 1. The number of aromatic nitrogens is 1. The van der Waals surface area contributed by atoms with E-state index < -0.39 is 16.4 Å². The molecule has 0 amide bonds. The van der Waals surface area contributed by atoms with Gasteiger partial charge in [-0.25, -0.2) is 13.4 Å². The number of nitrogens with one attached hydrogen (secondary N) is 3. The van der Waals surface area contributed by atoms with Crippen molar-refractivity contribution < 1.29 is 23.4 Å². The van der Waals surface area contributed by atoms with Gasteiger partial charge in [-0.3, -0.25) is 10.0 Å². The molecule has 1 atom stereocenters. The molecule has 5 N–H and O–H groups in total. The molecule has 0 fully saturated rings. The number of hydrogen-bond acceptors (Lipinski definition) is 9. The van der Waals surface area contributed by atoms with Gasteiger partial charge in [-0.1, -0.05) is 25.2 Å². The van der Waals surface area contributed by atoms with E-state index in [4.69, 9.17) is 4.74 Å². The zero-order chi connectivity index (χ0) is 24.2. The maximum atomic E-state index is 13.1. The van der Waals surface area contributed by atoms with Crippen LogP contribution in [-0.4, -0.2) is 43.6 Å². The summed E-state index contributed by atoms with van der Waals surface area (Å²) in [6.45, 7) is 6.53. The first-order valence-corrected chi connectivity index (χ1v) is 12.5. The number of benzene rings is 2. The Kier molecular flexibility index (Phi) is 7.80. The fourth-order valence-electron chi connectivity index (χ4n) is 3.01. The third-order valence-electron chi connectivity index (χ3n) is 4.61. The van der Waals surface area contributed by atoms with Crippen molar-refractivity contribution in [1.82, 2.24) is 10.3 Å². The molecular weight excluding hydrogens is 464 g/mol. The molecule has 1 unspecified atom stereocenters. The fraction of sp³-hybridized carbons (Fsp3) is 0.318. The molecule has 0 aliphatic carbocycles. The maximum absolute atomic E-state index is 13.1. The number of methoxy groups -OCH3 is 1. The number of hydrogen-bond donors (Lipinski definition) is 5. The lowest BCUT2D eigenvalue weighted by Gasteiger charge is -2.15. The highest BCUT2D eigenvalue weighted by atomic mass is 32.2. The number of aliphatic hydroxyl groups excluding tert-OH is 1. The number of sulfonamides is 1. The van der Waals surface area contributed by atoms with Crippen LogP contribution in [0.25, 0.3) is 10.4 Å². The lowest BCUT2D eigenvalue weighted by atomic mass is 10.1. The first kappa shape index (κ1) is 24.8. The second-order valence-corrected chi connectivity index (χ2v) is 10.5. The molecule has 3 aromatic rings. The smallest absolute Gasteiger partial charge is 0.265 e. The maximum Gasteiger partial charge on any atom is 0.265 e. The van der Waals surface area contributed by atoms with Crippen molar-refractivity contribution in [3.8, 4) is 21.9 Å². The average molecular weight is 493 g/mol. The number of nitrogens with zero attached hydrogens (tertiary/aromatic N) is 1. The molecule has 33 heavy (non-hydrogen) atoms. The van der Waals surface area contributed by atoms with Gasteiger partial charge >= 0.3 is 0 Å². The van der Waals surface area contributed by atoms with Crippen molar-refractivity contribution >= 4 is 32.2 Å². The largest absolute Gasteiger partial charge is 0.508 e. The Bertz CT molecular complexity index is 1190. The SMILES string of the molecule is COc1ccc(-c2sc(NC(O)NCC(C)C)nc2C)cc1S(=O)(=O)Nc1ccc(O)cc1. The summed E-state index contributed by atoms with van der Waals surface area (Å²) in [5.41, 5.74) is 1.65. The van der Waals surface area contributed by atoms with E-state index in [0.29, 0.717) is 34.5 Å². The molecule has 2 aromatic carbocycles. The van der Waals surface area contributed by atoms with Crippen molar-refractivity contribution in [1.29, 1.82) is 0 Å². The Hall–Kier alpha value is -2.86. The van der Waals surface area contributed by atoms with Crippen molar-refractivity contribution in [3.63, 3.8) is 0 Å². The average Bonchev–Trinajstić information content (AvgIpc) is 3.13. The number of aliphatic hydroxyl groups is 1. The Morgan fingerprint density at radius 3 is 2.48 bits per heavy atom. The number of rotatable bonds is 10. The molecule has 1 heterocycles. The zero-order valence-electron chi connectivity index (χ0n) is 18.8. The summed E-state index contributed by atoms with van der Waals surface area (Å²) < 4.78 is 34.0. The van der Waals surface area contributed by atoms with E-state index in [9.17, 15) is 18.6 Å². The number of anilines is 2. The monoisotopic (exact) mass is 492 g/mol. The Labute approximate surface area is 197 Å². The highest BCUT2D eigenvalue weighted by Gasteiger charge is 2.22. The molecule has 11 heteroatoms. The van der Waals surface area contributed by atoms with Crippen molar-refractivity contribution in [3.05, 3.63) is 48.2 Å². The molecule has 0 spiro atoms. The highest BCUT2D eigenvalue weighted by molar-refractivity contribution is 7.92. The Morgan fingerprint density at radius 1 is 1.15 bits per heavy atom. The molecule has 0 saturated heterocycles. The first-order chi connectivity index (χ1) is 15.6. The van der Waals surface area contributed by atoms with E-state index >= 15 is 0 Å². The Balaban J connectivity index is 1.89. The van der Waals surface area contributed by atoms with E-state index in [-0.39, 0.29) is 16.4 Å². The number of thiazole rings is 1. The molecule has 0 aliphatic heterocycles. The lowest BCUT2D eigenvalue weighted by molar-refractivity contribution is 0.160. The summed E-state index contributed by atoms with van der Waals surface area (Å²) in [5, 5.41) is 25.9. The van der Waals surface area contributed by atoms with Crippen LogP contribution in [0.15, 0.2) is 47.4 Å². The number of aryl methyl sites for hydroxylation is 1. The molecule has 0 aliphatic rings. The predicted octanol–water partition coefficient (Wildman–Crippen LogP) is 3.57. The molecular formula is C22H28N4O5S2. The van der Waals surface area contributed by atoms with E-state index in [2.05, 4.69) is 20.3 Å². The van der Waals surface area contributed by atoms with Gasteiger partial charge in [-0.15, -0.1) is 0 Å². The molecule has 0 radical (unpaired) electrons. The van der Waals surface area contributed by atoms with Gasteiger partial charge in [-0.05, 0) is 60.9 Å². The summed E-state index contributed by atoms with van der Waals surface area (Å²) >= 11 is 1.31. The first-order valence-electron chi connectivity index (χ1n) is 10.2. The lowest BCUT2D eigenvalue weighted by Crippen LogP contribution is -2.38. The normalized spacial score (nSPS) is 12.5. The van der Waals surface area contributed by atoms with Gasteiger partial charge in [0.15, 0.2) is 11.5 Å². The van der Waals surface area contributed by atoms with Gasteiger partial charge in [0.1, 0.15) is 16.4 Å². The molecule has 178 valence electrons. The quantitative estimate of drug-likeness (QED) is 0.214. The predicted molar refractivity (Wildman–Crippen MR) is 130 cm³/mol. The second kappa shape index (κ2) is 10.4. The highest BCUT2D eigenvalue weighted by Crippen LogP contribution is 2.37. The van der Waals surface area contributed by atoms with Crippen LogP contribution < -0.4 is 20.1 Å². The van der Waals surface area contributed by atoms with Crippen molar-refractivity contribution in [2.75, 3.05) is 23.7 Å². The fourth-order valence-corrected chi connectivity index (χ4v) is 5.25. The van der Waals surface area contributed by atoms with Gasteiger partial charge in [0.2, 0.25) is 0 Å². The van der Waals surface area contributed by atoms with Crippen LogP contribution in [-0.2, 0) is 10.0 Å². The molecule has 0 bridgehead atoms. The van der Waals surface area contributed by atoms with Crippen molar-refractivity contribution in [2.45, 2.75) is 32.0 Å². The van der Waals surface area contributed by atoms with Crippen molar-refractivity contribution in [2.24, 2.45) is 5.92 Å². The van der Waals surface area contributed by atoms with Crippen LogP contribution in [0.5, 0.6) is 11.5 Å². The second-order valence-electron chi connectivity index (χ2n) is 7.80. The minimum atomic E-state index is -3.98. The van der Waals surface area contributed by atoms with Crippen LogP contribution in [0, 0.1) is 12.8 Å². The summed E-state index contributed by atoms with van der Waals surface area (Å²) in [5.74, 6) is 0.607. The van der Waals surface area contributed by atoms with Gasteiger partial charge < -0.3 is 20.3 Å². The summed E-state index contributed by atoms with van der Waals surface area (Å²) in [7, 11) is -2.58. The van der Waals surface area contributed by atoms with E-state index in [1.807, 2.05) is 20.8 Å². The third-order valence-corrected chi connectivity index (χ3v) is 7.15. The zero-order valence-corrected chi connectivity index (χ0v) is 20.4. The topological polar surface area (TPSA) is 133 Å². The third kappa shape index (κ3) is 6.35. The van der Waals surface area contributed by atoms with E-state index in [0.717, 1.165) is 4.88 Å². The van der Waals surface area contributed by atoms with Gasteiger partial charge in [0.05, 0.1) is 17.7 Å². The van der Waals surface area contributed by atoms with E-state index in [1.165, 1.54) is 48.8 Å². The van der Waals surface area contributed by atoms with Crippen LogP contribution in [0.1, 0.15) is 19.5 Å². The van der Waals surface area contributed by atoms with Crippen LogP contribution >= 0.6 is 11.3 Å². The van der Waals surface area contributed by atoms with Gasteiger partial charge in [0, 0.05) is 12.2 Å². The van der Waals surface area contributed by atoms with E-state index in [1.54, 1.807) is 12.1 Å². The molecule has 0 saturated carbocycles. The number of aromatic hydroxyl groups is 1. The Morgan fingerprint density at radius 2 is 1.85 bits per heavy atom. The molecule has 1 aromatic heterocycles. The summed E-state index contributed by atoms with van der Waals surface area (Å²) in [4.78, 5) is 5.18. The number of phenols is 1. The standard InChI is InChI=1S/C22H28N4O5S2/c1-13(2)12-23-21(28)25-22-24-14(3)20(32-22)15-5-10-18(31-4)19(11-15)33(29,30)26-16-6-8-17(27)9-7-16/h5-11,13,21,23,26-28H,12H2,1-4H3,(H,24,25). The minimum Gasteiger partial charge on any atom is -0.508 e. The molecule has 3 rings (SSSR count). The van der Waals surface area contributed by atoms with Crippen LogP contribution in [0.2, 0.25) is 0 Å².